The fraction of sp³-hybridized carbons (Fsp3) is 0.525. The number of hydrogen-bond acceptors (Lipinski definition) is 6. The normalized spacial score (nSPS) is 22.9. The summed E-state index contributed by atoms with van der Waals surface area (Å²) in [7, 11) is 0. The van der Waals surface area contributed by atoms with Crippen LogP contribution in [0.15, 0.2) is 48.5 Å². The number of aliphatic carboxylic acids is 1. The van der Waals surface area contributed by atoms with Gasteiger partial charge in [-0.15, -0.1) is 0 Å². The molecule has 2 heterocycles. The Balaban J connectivity index is 1.17. The molecular weight excluding hydrogens is 624 g/mol. The number of carboxylic acid groups (broad SMARTS) is 1. The van der Waals surface area contributed by atoms with Gasteiger partial charge in [0.2, 0.25) is 0 Å². The Morgan fingerprint density at radius 2 is 1.71 bits per heavy atom. The van der Waals surface area contributed by atoms with Gasteiger partial charge in [-0.05, 0) is 119 Å². The monoisotopic (exact) mass is 674 g/mol. The summed E-state index contributed by atoms with van der Waals surface area (Å²) < 4.78 is 19.0. The Labute approximate surface area is 291 Å². The van der Waals surface area contributed by atoms with E-state index in [9.17, 15) is 9.90 Å². The minimum absolute atomic E-state index is 0.133. The van der Waals surface area contributed by atoms with Crippen molar-refractivity contribution < 1.29 is 24.1 Å². The maximum Gasteiger partial charge on any atom is 0.320 e. The van der Waals surface area contributed by atoms with Crippen LogP contribution in [0.25, 0.3) is 11.1 Å². The van der Waals surface area contributed by atoms with Crippen molar-refractivity contribution in [1.82, 2.24) is 9.80 Å². The lowest BCUT2D eigenvalue weighted by Crippen LogP contribution is -2.44. The van der Waals surface area contributed by atoms with Crippen molar-refractivity contribution in [2.24, 2.45) is 0 Å². The molecule has 8 heteroatoms. The summed E-state index contributed by atoms with van der Waals surface area (Å²) in [5, 5.41) is 10.3. The summed E-state index contributed by atoms with van der Waals surface area (Å²) in [6.07, 6.45) is 7.81. The van der Waals surface area contributed by atoms with E-state index in [4.69, 9.17) is 25.8 Å². The zero-order valence-corrected chi connectivity index (χ0v) is 29.7. The van der Waals surface area contributed by atoms with E-state index in [2.05, 4.69) is 62.1 Å². The van der Waals surface area contributed by atoms with Crippen LogP contribution < -0.4 is 14.2 Å². The maximum atomic E-state index is 11.9. The summed E-state index contributed by atoms with van der Waals surface area (Å²) in [6.45, 7) is 12.3. The molecule has 3 aliphatic rings. The van der Waals surface area contributed by atoms with Gasteiger partial charge >= 0.3 is 5.97 Å². The van der Waals surface area contributed by atoms with Crippen LogP contribution in [0.4, 0.5) is 0 Å². The Morgan fingerprint density at radius 1 is 0.938 bits per heavy atom. The lowest BCUT2D eigenvalue weighted by molar-refractivity contribution is -0.144. The third-order valence-electron chi connectivity index (χ3n) is 10.7. The molecule has 1 N–H and O–H groups in total. The Kier molecular flexibility index (Phi) is 11.2. The molecule has 0 spiro atoms. The van der Waals surface area contributed by atoms with Crippen molar-refractivity contribution in [3.8, 4) is 28.4 Å². The van der Waals surface area contributed by atoms with Crippen molar-refractivity contribution >= 4 is 17.6 Å². The van der Waals surface area contributed by atoms with E-state index in [-0.39, 0.29) is 6.10 Å². The van der Waals surface area contributed by atoms with Crippen molar-refractivity contribution in [3.63, 3.8) is 0 Å². The van der Waals surface area contributed by atoms with E-state index in [0.29, 0.717) is 54.8 Å². The zero-order chi connectivity index (χ0) is 33.8. The highest BCUT2D eigenvalue weighted by Crippen LogP contribution is 2.44. The first-order chi connectivity index (χ1) is 23.2. The molecule has 0 radical (unpaired) electrons. The number of carbonyl (C=O) groups is 1. The Bertz CT molecular complexity index is 1580. The minimum Gasteiger partial charge on any atom is -0.493 e. The van der Waals surface area contributed by atoms with E-state index in [1.807, 2.05) is 24.0 Å². The molecule has 2 aliphatic heterocycles. The van der Waals surface area contributed by atoms with Gasteiger partial charge in [0, 0.05) is 36.8 Å². The van der Waals surface area contributed by atoms with Crippen LogP contribution in [-0.4, -0.2) is 65.3 Å². The number of rotatable bonds is 13. The number of fused-ring (bicyclic) bond motifs is 1. The number of benzene rings is 3. The third-order valence-corrected chi connectivity index (χ3v) is 11.0. The molecule has 2 fully saturated rings. The topological polar surface area (TPSA) is 71.5 Å². The molecule has 258 valence electrons. The summed E-state index contributed by atoms with van der Waals surface area (Å²) in [5.41, 5.74) is 6.97. The fourth-order valence-corrected chi connectivity index (χ4v) is 8.31. The van der Waals surface area contributed by atoms with E-state index in [0.717, 1.165) is 62.1 Å². The molecule has 1 aliphatic carbocycles. The predicted molar refractivity (Wildman–Crippen MR) is 192 cm³/mol. The fourth-order valence-electron chi connectivity index (χ4n) is 8.08. The second-order valence-electron chi connectivity index (χ2n) is 13.8. The molecule has 0 unspecified atom stereocenters. The summed E-state index contributed by atoms with van der Waals surface area (Å²) in [5.74, 6) is 1.46. The Morgan fingerprint density at radius 3 is 2.48 bits per heavy atom. The van der Waals surface area contributed by atoms with Gasteiger partial charge in [-0.25, -0.2) is 0 Å². The zero-order valence-electron chi connectivity index (χ0n) is 29.0. The highest BCUT2D eigenvalue weighted by Gasteiger charge is 2.31. The minimum atomic E-state index is -0.773. The van der Waals surface area contributed by atoms with E-state index in [1.54, 1.807) is 0 Å². The number of ether oxygens (including phenoxy) is 3. The van der Waals surface area contributed by atoms with Crippen LogP contribution in [0.2, 0.25) is 5.02 Å². The molecule has 0 amide bonds. The van der Waals surface area contributed by atoms with Gasteiger partial charge in [0.25, 0.3) is 0 Å². The van der Waals surface area contributed by atoms with Crippen LogP contribution in [0.1, 0.15) is 94.1 Å². The lowest BCUT2D eigenvalue weighted by Gasteiger charge is -2.33. The standard InChI is InChI=1S/C40H51ClN2O5/c1-5-46-38-24-39(34(41)23-29(38)25-42-20-7-6-14-35(42)40(44)45)48-37-19-18-32-31(12-8-13-33(32)37)30-11-9-15-36(28(30)4)47-22-10-21-43-26(2)16-17-27(43)3/h8-9,11-13,15,23-24,26-27,35,37H,5-7,10,14,16-22,25H2,1-4H3,(H,44,45)/t26-,27-,35-,37+/m1/s1. The van der Waals surface area contributed by atoms with Crippen molar-refractivity contribution in [1.29, 1.82) is 0 Å². The van der Waals surface area contributed by atoms with Gasteiger partial charge in [-0.3, -0.25) is 14.6 Å². The van der Waals surface area contributed by atoms with Crippen LogP contribution in [0.5, 0.6) is 17.2 Å². The molecule has 0 bridgehead atoms. The quantitative estimate of drug-likeness (QED) is 0.182. The summed E-state index contributed by atoms with van der Waals surface area (Å²) in [6, 6.07) is 17.5. The van der Waals surface area contributed by atoms with Crippen molar-refractivity contribution in [2.75, 3.05) is 26.3 Å². The maximum absolute atomic E-state index is 11.9. The number of piperidine rings is 1. The van der Waals surface area contributed by atoms with Gasteiger partial charge in [0.1, 0.15) is 29.4 Å². The molecule has 0 saturated carbocycles. The van der Waals surface area contributed by atoms with E-state index in [1.165, 1.54) is 35.1 Å². The first-order valence-electron chi connectivity index (χ1n) is 17.9. The van der Waals surface area contributed by atoms with Crippen molar-refractivity contribution in [3.05, 3.63) is 75.8 Å². The highest BCUT2D eigenvalue weighted by atomic mass is 35.5. The van der Waals surface area contributed by atoms with E-state index >= 15 is 0 Å². The van der Waals surface area contributed by atoms with Crippen LogP contribution in [0.3, 0.4) is 0 Å². The van der Waals surface area contributed by atoms with Gasteiger partial charge in [-0.2, -0.15) is 0 Å². The molecule has 2 saturated heterocycles. The van der Waals surface area contributed by atoms with Gasteiger partial charge < -0.3 is 19.3 Å². The molecule has 6 rings (SSSR count). The molecule has 3 aromatic carbocycles. The van der Waals surface area contributed by atoms with E-state index < -0.39 is 12.0 Å². The molecule has 7 nitrogen and oxygen atoms in total. The second kappa shape index (κ2) is 15.5. The molecular formula is C40H51ClN2O5. The molecule has 48 heavy (non-hydrogen) atoms. The average Bonchev–Trinajstić information content (AvgIpc) is 3.63. The number of nitrogens with zero attached hydrogens (tertiary/aromatic N) is 2. The number of likely N-dealkylation sites (tertiary alicyclic amines) is 2. The molecule has 3 aromatic rings. The first-order valence-corrected chi connectivity index (χ1v) is 18.3. The van der Waals surface area contributed by atoms with Gasteiger partial charge in [0.15, 0.2) is 0 Å². The van der Waals surface area contributed by atoms with Gasteiger partial charge in [0.05, 0.1) is 18.2 Å². The average molecular weight is 675 g/mol. The summed E-state index contributed by atoms with van der Waals surface area (Å²) in [4.78, 5) is 16.6. The lowest BCUT2D eigenvalue weighted by atomic mass is 9.93. The largest absolute Gasteiger partial charge is 0.493 e. The second-order valence-corrected chi connectivity index (χ2v) is 14.2. The smallest absolute Gasteiger partial charge is 0.320 e. The first kappa shape index (κ1) is 34.6. The van der Waals surface area contributed by atoms with Gasteiger partial charge in [-0.1, -0.05) is 48.4 Å². The van der Waals surface area contributed by atoms with Crippen LogP contribution in [-0.2, 0) is 17.8 Å². The number of carboxylic acids is 1. The highest BCUT2D eigenvalue weighted by molar-refractivity contribution is 6.32. The third kappa shape index (κ3) is 7.49. The van der Waals surface area contributed by atoms with Crippen LogP contribution >= 0.6 is 11.6 Å². The van der Waals surface area contributed by atoms with Crippen molar-refractivity contribution in [2.45, 2.75) is 110 Å². The Hall–Kier alpha value is -3.26. The predicted octanol–water partition coefficient (Wildman–Crippen LogP) is 8.86. The summed E-state index contributed by atoms with van der Waals surface area (Å²) >= 11 is 6.86. The number of hydrogen-bond donors (Lipinski definition) is 1. The SMILES string of the molecule is CCOc1cc(O[C@H]2CCc3c(-c4cccc(OCCCN5[C@H](C)CC[C@H]5C)c4C)cccc32)c(Cl)cc1CN1CCCC[C@@H]1C(=O)O. The number of halogens is 1. The molecule has 0 aromatic heterocycles. The van der Waals surface area contributed by atoms with Crippen LogP contribution in [0, 0.1) is 6.92 Å². The molecule has 4 atom stereocenters.